The van der Waals surface area contributed by atoms with E-state index in [1.807, 2.05) is 0 Å². The Bertz CT molecular complexity index is 200. The summed E-state index contributed by atoms with van der Waals surface area (Å²) in [6.07, 6.45) is 1.36. The molecule has 0 radical (unpaired) electrons. The molecule has 0 spiro atoms. The maximum atomic E-state index is 10.3. The molecule has 5 heteroatoms. The maximum Gasteiger partial charge on any atom is 0.304 e. The highest BCUT2D eigenvalue weighted by Gasteiger charge is 2.23. The maximum absolute atomic E-state index is 10.3. The van der Waals surface area contributed by atoms with Gasteiger partial charge in [-0.2, -0.15) is 0 Å². The zero-order valence-electron chi connectivity index (χ0n) is 9.40. The molecule has 0 aromatic heterocycles. The Labute approximate surface area is 97.4 Å². The van der Waals surface area contributed by atoms with Crippen LogP contribution in [0.2, 0.25) is 0 Å². The molecule has 1 aliphatic heterocycles. The number of rotatable bonds is 5. The normalized spacial score (nSPS) is 21.7. The minimum Gasteiger partial charge on any atom is -0.481 e. The van der Waals surface area contributed by atoms with Crippen LogP contribution in [0.25, 0.3) is 0 Å². The minimum atomic E-state index is -0.726. The number of nitrogens with zero attached hydrogens (tertiary/aromatic N) is 1. The van der Waals surface area contributed by atoms with Crippen molar-refractivity contribution >= 4 is 18.4 Å². The number of hydrogen-bond donors (Lipinski definition) is 2. The molecule has 0 aromatic carbocycles. The molecule has 1 fully saturated rings. The fourth-order valence-electron chi connectivity index (χ4n) is 1.81. The third kappa shape index (κ3) is 5.35. The van der Waals surface area contributed by atoms with Crippen molar-refractivity contribution in [3.05, 3.63) is 0 Å². The lowest BCUT2D eigenvalue weighted by Gasteiger charge is -2.20. The molecule has 90 valence electrons. The molecule has 2 N–H and O–H groups in total. The smallest absolute Gasteiger partial charge is 0.304 e. The van der Waals surface area contributed by atoms with Crippen molar-refractivity contribution in [2.45, 2.75) is 38.8 Å². The lowest BCUT2D eigenvalue weighted by atomic mass is 10.2. The van der Waals surface area contributed by atoms with E-state index >= 15 is 0 Å². The van der Waals surface area contributed by atoms with Crippen LogP contribution >= 0.6 is 12.4 Å². The lowest BCUT2D eigenvalue weighted by Crippen LogP contribution is -2.36. The molecule has 1 aliphatic rings. The number of likely N-dealkylation sites (tertiary alicyclic amines) is 1. The first-order chi connectivity index (χ1) is 6.59. The van der Waals surface area contributed by atoms with Crippen molar-refractivity contribution in [1.29, 1.82) is 0 Å². The summed E-state index contributed by atoms with van der Waals surface area (Å²) in [6.45, 7) is 7.16. The van der Waals surface area contributed by atoms with E-state index in [9.17, 15) is 4.79 Å². The third-order valence-corrected chi connectivity index (χ3v) is 2.72. The van der Waals surface area contributed by atoms with Gasteiger partial charge in [-0.3, -0.25) is 9.69 Å². The number of nitrogens with one attached hydrogen (secondary N) is 1. The van der Waals surface area contributed by atoms with Gasteiger partial charge in [-0.1, -0.05) is 0 Å². The average Bonchev–Trinajstić information content (AvgIpc) is 2.52. The summed E-state index contributed by atoms with van der Waals surface area (Å²) in [5.41, 5.74) is 0. The average molecular weight is 237 g/mol. The molecule has 1 heterocycles. The van der Waals surface area contributed by atoms with Crippen LogP contribution in [-0.4, -0.2) is 47.7 Å². The van der Waals surface area contributed by atoms with E-state index in [0.717, 1.165) is 19.5 Å². The standard InChI is InChI=1S/C10H20N2O2.ClH/c1-8(2)12-6-4-9(7-12)11-5-3-10(13)14;/h8-9,11H,3-7H2,1-2H3,(H,13,14);1H. The molecule has 0 aliphatic carbocycles. The van der Waals surface area contributed by atoms with Crippen LogP contribution in [0.1, 0.15) is 26.7 Å². The Balaban J connectivity index is 0.00000196. The predicted molar refractivity (Wildman–Crippen MR) is 62.6 cm³/mol. The van der Waals surface area contributed by atoms with Gasteiger partial charge in [0, 0.05) is 25.2 Å². The quantitative estimate of drug-likeness (QED) is 0.747. The Morgan fingerprint density at radius 3 is 2.73 bits per heavy atom. The Hall–Kier alpha value is -0.320. The molecule has 0 aromatic rings. The van der Waals surface area contributed by atoms with Crippen LogP contribution in [-0.2, 0) is 4.79 Å². The first-order valence-corrected chi connectivity index (χ1v) is 5.29. The minimum absolute atomic E-state index is 0. The summed E-state index contributed by atoms with van der Waals surface area (Å²) in [5, 5.41) is 11.8. The predicted octanol–water partition coefficient (Wildman–Crippen LogP) is 0.955. The summed E-state index contributed by atoms with van der Waals surface area (Å²) in [6, 6.07) is 1.08. The topological polar surface area (TPSA) is 52.6 Å². The number of hydrogen-bond acceptors (Lipinski definition) is 3. The van der Waals surface area contributed by atoms with Crippen molar-refractivity contribution in [1.82, 2.24) is 10.2 Å². The molecule has 1 atom stereocenters. The Morgan fingerprint density at radius 2 is 2.27 bits per heavy atom. The molecular weight excluding hydrogens is 216 g/mol. The summed E-state index contributed by atoms with van der Waals surface area (Å²) in [5.74, 6) is -0.726. The van der Waals surface area contributed by atoms with Gasteiger partial charge in [-0.05, 0) is 26.8 Å². The SMILES string of the molecule is CC(C)N1CCC(NCCC(=O)O)C1.Cl. The summed E-state index contributed by atoms with van der Waals surface area (Å²) in [4.78, 5) is 12.7. The van der Waals surface area contributed by atoms with E-state index < -0.39 is 5.97 Å². The highest BCUT2D eigenvalue weighted by Crippen LogP contribution is 2.11. The van der Waals surface area contributed by atoms with E-state index in [0.29, 0.717) is 18.6 Å². The zero-order chi connectivity index (χ0) is 10.6. The molecule has 0 saturated carbocycles. The second-order valence-corrected chi connectivity index (χ2v) is 4.17. The molecule has 0 amide bonds. The number of aliphatic carboxylic acids is 1. The van der Waals surface area contributed by atoms with E-state index in [2.05, 4.69) is 24.1 Å². The van der Waals surface area contributed by atoms with Crippen LogP contribution in [0, 0.1) is 0 Å². The van der Waals surface area contributed by atoms with Gasteiger partial charge in [0.15, 0.2) is 0 Å². The van der Waals surface area contributed by atoms with Gasteiger partial charge < -0.3 is 10.4 Å². The Morgan fingerprint density at radius 1 is 1.60 bits per heavy atom. The van der Waals surface area contributed by atoms with Gasteiger partial charge in [0.1, 0.15) is 0 Å². The number of carbonyl (C=O) groups is 1. The summed E-state index contributed by atoms with van der Waals surface area (Å²) >= 11 is 0. The van der Waals surface area contributed by atoms with E-state index in [4.69, 9.17) is 5.11 Å². The third-order valence-electron chi connectivity index (χ3n) is 2.72. The highest BCUT2D eigenvalue weighted by atomic mass is 35.5. The van der Waals surface area contributed by atoms with Crippen LogP contribution in [0.4, 0.5) is 0 Å². The Kier molecular flexibility index (Phi) is 6.89. The van der Waals surface area contributed by atoms with E-state index in [-0.39, 0.29) is 18.8 Å². The van der Waals surface area contributed by atoms with Gasteiger partial charge >= 0.3 is 5.97 Å². The zero-order valence-corrected chi connectivity index (χ0v) is 10.2. The van der Waals surface area contributed by atoms with Gasteiger partial charge in [-0.25, -0.2) is 0 Å². The first kappa shape index (κ1) is 14.7. The monoisotopic (exact) mass is 236 g/mol. The van der Waals surface area contributed by atoms with E-state index in [1.165, 1.54) is 0 Å². The van der Waals surface area contributed by atoms with Crippen LogP contribution < -0.4 is 5.32 Å². The molecule has 1 unspecified atom stereocenters. The number of carboxylic acids is 1. The van der Waals surface area contributed by atoms with Gasteiger partial charge in [0.25, 0.3) is 0 Å². The fraction of sp³-hybridized carbons (Fsp3) is 0.900. The van der Waals surface area contributed by atoms with Crippen molar-refractivity contribution in [2.24, 2.45) is 0 Å². The second-order valence-electron chi connectivity index (χ2n) is 4.17. The van der Waals surface area contributed by atoms with Crippen LogP contribution in [0.3, 0.4) is 0 Å². The molecule has 15 heavy (non-hydrogen) atoms. The van der Waals surface area contributed by atoms with Gasteiger partial charge in [0.05, 0.1) is 6.42 Å². The van der Waals surface area contributed by atoms with Crippen LogP contribution in [0.15, 0.2) is 0 Å². The summed E-state index contributed by atoms with van der Waals surface area (Å²) < 4.78 is 0. The summed E-state index contributed by atoms with van der Waals surface area (Å²) in [7, 11) is 0. The largest absolute Gasteiger partial charge is 0.481 e. The van der Waals surface area contributed by atoms with Crippen molar-refractivity contribution in [3.8, 4) is 0 Å². The van der Waals surface area contributed by atoms with E-state index in [1.54, 1.807) is 0 Å². The molecule has 0 bridgehead atoms. The molecule has 1 saturated heterocycles. The van der Waals surface area contributed by atoms with Crippen LogP contribution in [0.5, 0.6) is 0 Å². The second kappa shape index (κ2) is 7.04. The highest BCUT2D eigenvalue weighted by molar-refractivity contribution is 5.85. The van der Waals surface area contributed by atoms with Crippen molar-refractivity contribution in [3.63, 3.8) is 0 Å². The van der Waals surface area contributed by atoms with Crippen molar-refractivity contribution in [2.75, 3.05) is 19.6 Å². The fourth-order valence-corrected chi connectivity index (χ4v) is 1.81. The van der Waals surface area contributed by atoms with Gasteiger partial charge in [0.2, 0.25) is 0 Å². The van der Waals surface area contributed by atoms with Gasteiger partial charge in [-0.15, -0.1) is 12.4 Å². The lowest BCUT2D eigenvalue weighted by molar-refractivity contribution is -0.136. The van der Waals surface area contributed by atoms with Crippen molar-refractivity contribution < 1.29 is 9.90 Å². The number of carboxylic acid groups (broad SMARTS) is 1. The molecule has 4 nitrogen and oxygen atoms in total. The molecular formula is C10H21ClN2O2. The number of halogens is 1. The first-order valence-electron chi connectivity index (χ1n) is 5.29. The molecule has 1 rings (SSSR count).